The lowest BCUT2D eigenvalue weighted by atomic mass is 10.4. The predicted molar refractivity (Wildman–Crippen MR) is 67.7 cm³/mol. The molecular weight excluding hydrogens is 256 g/mol. The zero-order chi connectivity index (χ0) is 13.8. The van der Waals surface area contributed by atoms with Crippen LogP contribution in [-0.2, 0) is 6.54 Å². The third-order valence-electron chi connectivity index (χ3n) is 2.48. The standard InChI is InChI=1S/C12H8N8/c13-1-6-20-12(10-8-15-3-5-17-10)18-11(19-20)9-7-14-2-4-16-9/h2-5,7-8H,6H2. The summed E-state index contributed by atoms with van der Waals surface area (Å²) in [5.41, 5.74) is 1.08. The number of nitriles is 1. The molecule has 0 fully saturated rings. The molecule has 0 radical (unpaired) electrons. The van der Waals surface area contributed by atoms with E-state index >= 15 is 0 Å². The molecule has 0 aliphatic rings. The molecule has 3 heterocycles. The second-order valence-electron chi connectivity index (χ2n) is 3.76. The van der Waals surface area contributed by atoms with E-state index in [0.717, 1.165) is 0 Å². The van der Waals surface area contributed by atoms with Crippen LogP contribution in [0.5, 0.6) is 0 Å². The molecule has 3 aromatic rings. The van der Waals surface area contributed by atoms with E-state index in [-0.39, 0.29) is 6.54 Å². The summed E-state index contributed by atoms with van der Waals surface area (Å²) >= 11 is 0. The fraction of sp³-hybridized carbons (Fsp3) is 0.0833. The van der Waals surface area contributed by atoms with Gasteiger partial charge >= 0.3 is 0 Å². The summed E-state index contributed by atoms with van der Waals surface area (Å²) in [6, 6.07) is 2.04. The van der Waals surface area contributed by atoms with E-state index in [2.05, 4.69) is 30.0 Å². The maximum Gasteiger partial charge on any atom is 0.202 e. The van der Waals surface area contributed by atoms with Crippen molar-refractivity contribution < 1.29 is 0 Å². The van der Waals surface area contributed by atoms with Crippen LogP contribution in [0.15, 0.2) is 37.2 Å². The highest BCUT2D eigenvalue weighted by Gasteiger charge is 2.15. The van der Waals surface area contributed by atoms with E-state index < -0.39 is 0 Å². The largest absolute Gasteiger partial charge is 0.261 e. The highest BCUT2D eigenvalue weighted by Crippen LogP contribution is 2.18. The Bertz CT molecular complexity index is 744. The monoisotopic (exact) mass is 264 g/mol. The van der Waals surface area contributed by atoms with Gasteiger partial charge < -0.3 is 0 Å². The molecule has 0 saturated heterocycles. The van der Waals surface area contributed by atoms with Crippen molar-refractivity contribution in [3.63, 3.8) is 0 Å². The molecule has 20 heavy (non-hydrogen) atoms. The highest BCUT2D eigenvalue weighted by atomic mass is 15.4. The van der Waals surface area contributed by atoms with Crippen molar-refractivity contribution in [1.29, 1.82) is 5.26 Å². The molecule has 0 aliphatic heterocycles. The topological polar surface area (TPSA) is 106 Å². The summed E-state index contributed by atoms with van der Waals surface area (Å²) in [6.45, 7) is 0.0686. The van der Waals surface area contributed by atoms with Crippen LogP contribution < -0.4 is 0 Å². The van der Waals surface area contributed by atoms with Gasteiger partial charge in [0.25, 0.3) is 0 Å². The minimum absolute atomic E-state index is 0.0686. The van der Waals surface area contributed by atoms with Crippen molar-refractivity contribution in [1.82, 2.24) is 34.7 Å². The second-order valence-corrected chi connectivity index (χ2v) is 3.76. The van der Waals surface area contributed by atoms with Crippen LogP contribution in [0.25, 0.3) is 23.0 Å². The SMILES string of the molecule is N#CCn1nc(-c2cnccn2)nc1-c1cnccn1. The smallest absolute Gasteiger partial charge is 0.202 e. The van der Waals surface area contributed by atoms with E-state index in [9.17, 15) is 0 Å². The molecule has 0 N–H and O–H groups in total. The first-order valence-electron chi connectivity index (χ1n) is 5.73. The Hall–Kier alpha value is -3.21. The first-order chi connectivity index (χ1) is 9.88. The van der Waals surface area contributed by atoms with Crippen molar-refractivity contribution in [2.75, 3.05) is 0 Å². The Morgan fingerprint density at radius 3 is 2.30 bits per heavy atom. The third kappa shape index (κ3) is 2.20. The normalized spacial score (nSPS) is 10.2. The van der Waals surface area contributed by atoms with Crippen molar-refractivity contribution in [3.8, 4) is 29.1 Å². The molecule has 0 unspecified atom stereocenters. The molecule has 0 atom stereocenters. The molecular formula is C12H8N8. The molecule has 0 bridgehead atoms. The molecule has 8 nitrogen and oxygen atoms in total. The number of aromatic nitrogens is 7. The third-order valence-corrected chi connectivity index (χ3v) is 2.48. The van der Waals surface area contributed by atoms with Gasteiger partial charge in [-0.25, -0.2) is 19.6 Å². The summed E-state index contributed by atoms with van der Waals surface area (Å²) in [4.78, 5) is 20.6. The molecule has 0 spiro atoms. The van der Waals surface area contributed by atoms with Gasteiger partial charge in [0.1, 0.15) is 17.9 Å². The van der Waals surface area contributed by atoms with Crippen molar-refractivity contribution >= 4 is 0 Å². The van der Waals surface area contributed by atoms with Crippen LogP contribution in [0.3, 0.4) is 0 Å². The van der Waals surface area contributed by atoms with Gasteiger partial charge in [-0.2, -0.15) is 5.26 Å². The van der Waals surface area contributed by atoms with Crippen LogP contribution >= 0.6 is 0 Å². The van der Waals surface area contributed by atoms with Crippen LogP contribution in [0.1, 0.15) is 0 Å². The maximum absolute atomic E-state index is 8.87. The van der Waals surface area contributed by atoms with Gasteiger partial charge in [0.15, 0.2) is 5.82 Å². The van der Waals surface area contributed by atoms with Gasteiger partial charge in [0.2, 0.25) is 5.82 Å². The van der Waals surface area contributed by atoms with Crippen LogP contribution in [0, 0.1) is 11.3 Å². The molecule has 8 heteroatoms. The predicted octanol–water partition coefficient (Wildman–Crippen LogP) is 0.716. The van der Waals surface area contributed by atoms with E-state index in [1.807, 2.05) is 6.07 Å². The van der Waals surface area contributed by atoms with Crippen molar-refractivity contribution in [2.24, 2.45) is 0 Å². The van der Waals surface area contributed by atoms with E-state index in [1.54, 1.807) is 37.2 Å². The lowest BCUT2D eigenvalue weighted by molar-refractivity contribution is 0.715. The zero-order valence-corrected chi connectivity index (χ0v) is 10.2. The molecule has 96 valence electrons. The molecule has 3 rings (SSSR count). The lowest BCUT2D eigenvalue weighted by Crippen LogP contribution is -2.02. The fourth-order valence-electron chi connectivity index (χ4n) is 1.65. The molecule has 0 amide bonds. The fourth-order valence-corrected chi connectivity index (χ4v) is 1.65. The summed E-state index contributed by atoms with van der Waals surface area (Å²) < 4.78 is 1.47. The summed E-state index contributed by atoms with van der Waals surface area (Å²) in [6.07, 6.45) is 9.38. The number of hydrogen-bond donors (Lipinski definition) is 0. The van der Waals surface area contributed by atoms with Gasteiger partial charge in [0.05, 0.1) is 18.5 Å². The summed E-state index contributed by atoms with van der Waals surface area (Å²) in [5, 5.41) is 13.1. The Balaban J connectivity index is 2.11. The van der Waals surface area contributed by atoms with Gasteiger partial charge in [-0.1, -0.05) is 0 Å². The van der Waals surface area contributed by atoms with Gasteiger partial charge in [-0.15, -0.1) is 5.10 Å². The van der Waals surface area contributed by atoms with Gasteiger partial charge in [0, 0.05) is 24.8 Å². The summed E-state index contributed by atoms with van der Waals surface area (Å²) in [5.74, 6) is 0.870. The lowest BCUT2D eigenvalue weighted by Gasteiger charge is -1.98. The first-order valence-corrected chi connectivity index (χ1v) is 5.73. The minimum Gasteiger partial charge on any atom is -0.261 e. The average molecular weight is 264 g/mol. The van der Waals surface area contributed by atoms with Crippen molar-refractivity contribution in [3.05, 3.63) is 37.2 Å². The van der Waals surface area contributed by atoms with Crippen LogP contribution in [-0.4, -0.2) is 34.7 Å². The number of hydrogen-bond acceptors (Lipinski definition) is 7. The Labute approximate surface area is 113 Å². The summed E-state index contributed by atoms with van der Waals surface area (Å²) in [7, 11) is 0. The Kier molecular flexibility index (Phi) is 3.08. The van der Waals surface area contributed by atoms with Gasteiger partial charge in [-0.05, 0) is 0 Å². The molecule has 0 aliphatic carbocycles. The second kappa shape index (κ2) is 5.19. The number of rotatable bonds is 3. The molecule has 0 saturated carbocycles. The van der Waals surface area contributed by atoms with Gasteiger partial charge in [-0.3, -0.25) is 9.97 Å². The van der Waals surface area contributed by atoms with Crippen molar-refractivity contribution in [2.45, 2.75) is 6.54 Å². The van der Waals surface area contributed by atoms with Crippen LogP contribution in [0.4, 0.5) is 0 Å². The first kappa shape index (κ1) is 11.9. The minimum atomic E-state index is 0.0686. The van der Waals surface area contributed by atoms with E-state index in [0.29, 0.717) is 23.0 Å². The van der Waals surface area contributed by atoms with E-state index in [4.69, 9.17) is 5.26 Å². The Morgan fingerprint density at radius 2 is 1.70 bits per heavy atom. The Morgan fingerprint density at radius 1 is 1.00 bits per heavy atom. The quantitative estimate of drug-likeness (QED) is 0.685. The molecule has 0 aromatic carbocycles. The maximum atomic E-state index is 8.87. The highest BCUT2D eigenvalue weighted by molar-refractivity contribution is 5.55. The van der Waals surface area contributed by atoms with Crippen LogP contribution in [0.2, 0.25) is 0 Å². The number of nitrogens with zero attached hydrogens (tertiary/aromatic N) is 8. The zero-order valence-electron chi connectivity index (χ0n) is 10.2. The van der Waals surface area contributed by atoms with E-state index in [1.165, 1.54) is 4.68 Å². The molecule has 3 aromatic heterocycles. The average Bonchev–Trinajstić information content (AvgIpc) is 2.94.